The van der Waals surface area contributed by atoms with Crippen LogP contribution in [-0.2, 0) is 23.1 Å². The van der Waals surface area contributed by atoms with Crippen LogP contribution in [0, 0.1) is 0 Å². The lowest BCUT2D eigenvalue weighted by Crippen LogP contribution is -2.42. The summed E-state index contributed by atoms with van der Waals surface area (Å²) in [5.41, 5.74) is 12.3. The quantitative estimate of drug-likeness (QED) is 0.262. The monoisotopic (exact) mass is 390 g/mol. The summed E-state index contributed by atoms with van der Waals surface area (Å²) in [6.45, 7) is 11.2. The number of nitrogens with two attached hydrogens (primary N) is 2. The van der Waals surface area contributed by atoms with Gasteiger partial charge in [-0.3, -0.25) is 4.57 Å². The number of ether oxygens (including phenoxy) is 2. The van der Waals surface area contributed by atoms with Crippen molar-refractivity contribution in [3.8, 4) is 0 Å². The zero-order chi connectivity index (χ0) is 19.7. The Labute approximate surface area is 155 Å². The maximum atomic E-state index is 12.6. The molecule has 1 rings (SSSR count). The van der Waals surface area contributed by atoms with Crippen LogP contribution in [0.5, 0.6) is 0 Å². The fourth-order valence-electron chi connectivity index (χ4n) is 2.22. The Hall–Kier alpha value is -1.38. The van der Waals surface area contributed by atoms with Crippen molar-refractivity contribution >= 4 is 13.6 Å². The first-order chi connectivity index (χ1) is 12.2. The van der Waals surface area contributed by atoms with Gasteiger partial charge in [-0.15, -0.1) is 6.58 Å². The predicted octanol–water partition coefficient (Wildman–Crippen LogP) is 2.01. The van der Waals surface area contributed by atoms with Gasteiger partial charge in [0, 0.05) is 5.57 Å². The van der Waals surface area contributed by atoms with Crippen molar-refractivity contribution in [1.29, 1.82) is 0 Å². The second-order valence-electron chi connectivity index (χ2n) is 6.25. The third kappa shape index (κ3) is 7.88. The highest BCUT2D eigenvalue weighted by Gasteiger charge is 2.28. The largest absolute Gasteiger partial charge is 0.385 e. The minimum Gasteiger partial charge on any atom is -0.385 e. The summed E-state index contributed by atoms with van der Waals surface area (Å²) in [6, 6.07) is 0. The maximum Gasteiger partial charge on any atom is 0.356 e. The first kappa shape index (κ1) is 22.7. The normalized spacial score (nSPS) is 18.2. The number of rotatable bonds is 12. The molecule has 26 heavy (non-hydrogen) atoms. The average molecular weight is 390 g/mol. The Kier molecular flexibility index (Phi) is 9.32. The zero-order valence-corrected chi connectivity index (χ0v) is 16.8. The van der Waals surface area contributed by atoms with Gasteiger partial charge < -0.3 is 35.3 Å². The third-order valence-corrected chi connectivity index (χ3v) is 5.01. The molecule has 10 heteroatoms. The molecule has 0 fully saturated rings. The highest BCUT2D eigenvalue weighted by molar-refractivity contribution is 7.53. The van der Waals surface area contributed by atoms with Crippen LogP contribution < -0.4 is 16.8 Å². The van der Waals surface area contributed by atoms with E-state index in [0.717, 1.165) is 5.57 Å². The maximum absolute atomic E-state index is 12.6. The van der Waals surface area contributed by atoms with Gasteiger partial charge in [-0.1, -0.05) is 6.08 Å². The SMILES string of the molecule is C=CCC1=C(N)NC(N)=NC1OCCOCP(=O)(OC(C)C)OC(C)C. The second-order valence-corrected chi connectivity index (χ2v) is 8.15. The van der Waals surface area contributed by atoms with E-state index in [4.69, 9.17) is 30.0 Å². The van der Waals surface area contributed by atoms with Gasteiger partial charge in [-0.2, -0.15) is 0 Å². The Morgan fingerprint density at radius 3 is 2.38 bits per heavy atom. The molecule has 1 atom stereocenters. The van der Waals surface area contributed by atoms with Crippen LogP contribution in [0.4, 0.5) is 0 Å². The molecule has 9 nitrogen and oxygen atoms in total. The Morgan fingerprint density at radius 1 is 1.23 bits per heavy atom. The Bertz CT molecular complexity index is 563. The van der Waals surface area contributed by atoms with E-state index in [0.29, 0.717) is 12.2 Å². The van der Waals surface area contributed by atoms with Crippen molar-refractivity contribution in [2.75, 3.05) is 19.6 Å². The molecular weight excluding hydrogens is 359 g/mol. The first-order valence-corrected chi connectivity index (χ1v) is 10.2. The molecule has 0 aromatic heterocycles. The van der Waals surface area contributed by atoms with Crippen LogP contribution in [0.1, 0.15) is 34.1 Å². The van der Waals surface area contributed by atoms with E-state index in [-0.39, 0.29) is 37.7 Å². The van der Waals surface area contributed by atoms with Gasteiger partial charge >= 0.3 is 7.60 Å². The second kappa shape index (κ2) is 10.7. The summed E-state index contributed by atoms with van der Waals surface area (Å²) in [7, 11) is -3.32. The van der Waals surface area contributed by atoms with Crippen LogP contribution in [0.2, 0.25) is 0 Å². The van der Waals surface area contributed by atoms with Crippen LogP contribution in [-0.4, -0.2) is 44.0 Å². The number of guanidine groups is 1. The van der Waals surface area contributed by atoms with Gasteiger partial charge in [-0.25, -0.2) is 4.99 Å². The summed E-state index contributed by atoms with van der Waals surface area (Å²) in [6.07, 6.45) is 0.990. The number of hydrogen-bond acceptors (Lipinski definition) is 9. The van der Waals surface area contributed by atoms with E-state index in [2.05, 4.69) is 16.9 Å². The minimum atomic E-state index is -3.32. The van der Waals surface area contributed by atoms with Gasteiger partial charge in [-0.05, 0) is 34.1 Å². The lowest BCUT2D eigenvalue weighted by molar-refractivity contribution is 0.0237. The molecule has 0 amide bonds. The molecule has 1 heterocycles. The lowest BCUT2D eigenvalue weighted by atomic mass is 10.1. The topological polar surface area (TPSA) is 130 Å². The van der Waals surface area contributed by atoms with Crippen LogP contribution >= 0.6 is 7.60 Å². The van der Waals surface area contributed by atoms with Crippen molar-refractivity contribution in [2.24, 2.45) is 16.5 Å². The van der Waals surface area contributed by atoms with Gasteiger partial charge in [0.2, 0.25) is 0 Å². The zero-order valence-electron chi connectivity index (χ0n) is 15.9. The Morgan fingerprint density at radius 2 is 1.85 bits per heavy atom. The summed E-state index contributed by atoms with van der Waals surface area (Å²) in [5.74, 6) is 0.588. The van der Waals surface area contributed by atoms with E-state index >= 15 is 0 Å². The van der Waals surface area contributed by atoms with Crippen molar-refractivity contribution in [2.45, 2.75) is 52.6 Å². The molecule has 0 saturated carbocycles. The number of nitrogens with zero attached hydrogens (tertiary/aromatic N) is 1. The smallest absolute Gasteiger partial charge is 0.356 e. The summed E-state index contributed by atoms with van der Waals surface area (Å²) < 4.78 is 34.6. The molecule has 0 aromatic carbocycles. The summed E-state index contributed by atoms with van der Waals surface area (Å²) in [4.78, 5) is 4.17. The molecule has 0 saturated heterocycles. The fraction of sp³-hybridized carbons (Fsp3) is 0.688. The number of hydrogen-bond donors (Lipinski definition) is 3. The highest BCUT2D eigenvalue weighted by Crippen LogP contribution is 2.50. The van der Waals surface area contributed by atoms with Gasteiger partial charge in [0.25, 0.3) is 0 Å². The standard InChI is InChI=1S/C16H31N4O5P/c1-6-7-13-14(17)19-16(18)20-15(13)23-9-8-22-10-26(21,24-11(2)3)25-12(4)5/h6,11-12,15H,1,7-10,17H2,2-5H3,(H3,18,19,20). The molecule has 0 aromatic rings. The van der Waals surface area contributed by atoms with Crippen molar-refractivity contribution < 1.29 is 23.1 Å². The summed E-state index contributed by atoms with van der Waals surface area (Å²) in [5, 5.41) is 2.76. The Balaban J connectivity index is 2.50. The van der Waals surface area contributed by atoms with Crippen LogP contribution in [0.3, 0.4) is 0 Å². The van der Waals surface area contributed by atoms with E-state index in [9.17, 15) is 4.57 Å². The van der Waals surface area contributed by atoms with Crippen LogP contribution in [0.15, 0.2) is 29.0 Å². The predicted molar refractivity (Wildman–Crippen MR) is 101 cm³/mol. The molecular formula is C16H31N4O5P. The number of allylic oxidation sites excluding steroid dienone is 1. The highest BCUT2D eigenvalue weighted by atomic mass is 31.2. The lowest BCUT2D eigenvalue weighted by Gasteiger charge is -2.25. The molecule has 0 spiro atoms. The fourth-order valence-corrected chi connectivity index (χ4v) is 4.02. The van der Waals surface area contributed by atoms with Crippen molar-refractivity contribution in [3.05, 3.63) is 24.0 Å². The molecule has 0 bridgehead atoms. The van der Waals surface area contributed by atoms with Crippen molar-refractivity contribution in [3.63, 3.8) is 0 Å². The van der Waals surface area contributed by atoms with Crippen molar-refractivity contribution in [1.82, 2.24) is 5.32 Å². The molecule has 1 aliphatic rings. The molecule has 1 aliphatic heterocycles. The van der Waals surface area contributed by atoms with Gasteiger partial charge in [0.05, 0.1) is 25.4 Å². The van der Waals surface area contributed by atoms with E-state index in [1.165, 1.54) is 0 Å². The molecule has 1 unspecified atom stereocenters. The number of aliphatic imine (C=N–C) groups is 1. The van der Waals surface area contributed by atoms with Gasteiger partial charge in [0.1, 0.15) is 12.2 Å². The third-order valence-electron chi connectivity index (χ3n) is 3.02. The van der Waals surface area contributed by atoms with E-state index < -0.39 is 13.8 Å². The molecule has 5 N–H and O–H groups in total. The number of nitrogens with one attached hydrogen (secondary N) is 1. The van der Waals surface area contributed by atoms with E-state index in [1.54, 1.807) is 33.8 Å². The van der Waals surface area contributed by atoms with Gasteiger partial charge in [0.15, 0.2) is 12.2 Å². The molecule has 0 radical (unpaired) electrons. The van der Waals surface area contributed by atoms with E-state index in [1.807, 2.05) is 0 Å². The molecule has 150 valence electrons. The average Bonchev–Trinajstić information content (AvgIpc) is 2.48. The first-order valence-electron chi connectivity index (χ1n) is 8.51. The summed E-state index contributed by atoms with van der Waals surface area (Å²) >= 11 is 0. The molecule has 0 aliphatic carbocycles. The minimum absolute atomic E-state index is 0.151. The van der Waals surface area contributed by atoms with Crippen LogP contribution in [0.25, 0.3) is 0 Å².